The van der Waals surface area contributed by atoms with Crippen LogP contribution in [-0.4, -0.2) is 58.9 Å². The largest absolute Gasteiger partial charge is 0.454 e. The lowest BCUT2D eigenvalue weighted by molar-refractivity contribution is -0.939. The Kier molecular flexibility index (Phi) is 5.97. The molecule has 3 saturated heterocycles. The summed E-state index contributed by atoms with van der Waals surface area (Å²) in [5, 5.41) is 18.3. The maximum atomic E-state index is 13.6. The molecule has 0 spiro atoms. The SMILES string of the molecule is O=C(C[N+]12CCC(CC1)[C@@H](OC(=O)C(O)(c1ccccc1)C1CCCC1)C2)Nc1ccon1. The van der Waals surface area contributed by atoms with E-state index < -0.39 is 11.6 Å². The van der Waals surface area contributed by atoms with E-state index in [1.54, 1.807) is 6.07 Å². The normalized spacial score (nSPS) is 28.9. The van der Waals surface area contributed by atoms with Gasteiger partial charge in [0.05, 0.1) is 13.1 Å². The van der Waals surface area contributed by atoms with Gasteiger partial charge in [0.15, 0.2) is 24.1 Å². The molecule has 2 bridgehead atoms. The Bertz CT molecular complexity index is 965. The van der Waals surface area contributed by atoms with E-state index in [4.69, 9.17) is 9.26 Å². The van der Waals surface area contributed by atoms with E-state index in [1.165, 1.54) is 6.26 Å². The van der Waals surface area contributed by atoms with Crippen molar-refractivity contribution in [3.8, 4) is 0 Å². The maximum Gasteiger partial charge on any atom is 0.343 e. The molecule has 4 heterocycles. The standard InChI is InChI=1S/C25H31N3O5/c29-23(26-22-12-15-32-27-22)17-28-13-10-18(11-14-28)21(16-28)33-24(30)25(31,20-8-4-5-9-20)19-6-2-1-3-7-19/h1-3,6-7,12,15,18,20-21,31H,4-5,8-11,13-14,16-17H2/p+1/t18?,21-,25?,28?/m0/s1. The van der Waals surface area contributed by atoms with Crippen molar-refractivity contribution in [3.63, 3.8) is 0 Å². The quantitative estimate of drug-likeness (QED) is 0.493. The van der Waals surface area contributed by atoms with Crippen LogP contribution < -0.4 is 5.32 Å². The van der Waals surface area contributed by atoms with Crippen molar-refractivity contribution in [2.75, 3.05) is 31.5 Å². The van der Waals surface area contributed by atoms with Gasteiger partial charge in [-0.15, -0.1) is 0 Å². The van der Waals surface area contributed by atoms with Crippen LogP contribution in [0.1, 0.15) is 44.1 Å². The summed E-state index contributed by atoms with van der Waals surface area (Å²) in [7, 11) is 0. The number of fused-ring (bicyclic) bond motifs is 3. The van der Waals surface area contributed by atoms with Gasteiger partial charge in [0.1, 0.15) is 12.8 Å². The summed E-state index contributed by atoms with van der Waals surface area (Å²) >= 11 is 0. The smallest absolute Gasteiger partial charge is 0.343 e. The first kappa shape index (κ1) is 22.1. The van der Waals surface area contributed by atoms with Crippen molar-refractivity contribution >= 4 is 17.7 Å². The van der Waals surface area contributed by atoms with Gasteiger partial charge in [0.2, 0.25) is 0 Å². The van der Waals surface area contributed by atoms with Crippen molar-refractivity contribution in [1.82, 2.24) is 5.16 Å². The van der Waals surface area contributed by atoms with Crippen LogP contribution in [0.25, 0.3) is 0 Å². The van der Waals surface area contributed by atoms with Crippen LogP contribution in [0, 0.1) is 11.8 Å². The molecule has 4 fully saturated rings. The average Bonchev–Trinajstić information content (AvgIpc) is 3.54. The molecule has 8 nitrogen and oxygen atoms in total. The van der Waals surface area contributed by atoms with Crippen LogP contribution in [0.2, 0.25) is 0 Å². The fourth-order valence-corrected chi connectivity index (χ4v) is 6.12. The highest BCUT2D eigenvalue weighted by Gasteiger charge is 2.53. The van der Waals surface area contributed by atoms with Crippen LogP contribution >= 0.6 is 0 Å². The molecule has 1 saturated carbocycles. The number of carbonyl (C=O) groups is 2. The number of benzene rings is 1. The second kappa shape index (κ2) is 8.91. The lowest BCUT2D eigenvalue weighted by Gasteiger charge is -2.51. The Balaban J connectivity index is 1.31. The highest BCUT2D eigenvalue weighted by molar-refractivity contribution is 5.90. The van der Waals surface area contributed by atoms with E-state index in [0.29, 0.717) is 29.0 Å². The Morgan fingerprint density at radius 2 is 1.85 bits per heavy atom. The molecule has 2 aromatic rings. The zero-order chi connectivity index (χ0) is 22.9. The van der Waals surface area contributed by atoms with Crippen molar-refractivity contribution in [2.24, 2.45) is 11.8 Å². The number of hydrogen-bond donors (Lipinski definition) is 2. The fraction of sp³-hybridized carbons (Fsp3) is 0.560. The molecule has 3 aliphatic heterocycles. The Labute approximate surface area is 193 Å². The monoisotopic (exact) mass is 454 g/mol. The third kappa shape index (κ3) is 4.29. The van der Waals surface area contributed by atoms with Crippen LogP contribution in [0.5, 0.6) is 0 Å². The van der Waals surface area contributed by atoms with E-state index in [0.717, 1.165) is 51.6 Å². The molecule has 4 aliphatic rings. The minimum Gasteiger partial charge on any atom is -0.454 e. The molecule has 1 amide bonds. The second-order valence-corrected chi connectivity index (χ2v) is 9.96. The number of rotatable bonds is 7. The number of quaternary nitrogens is 1. The highest BCUT2D eigenvalue weighted by atomic mass is 16.6. The molecule has 0 radical (unpaired) electrons. The first-order valence-electron chi connectivity index (χ1n) is 12.0. The van der Waals surface area contributed by atoms with Crippen LogP contribution in [0.3, 0.4) is 0 Å². The number of piperidine rings is 3. The molecule has 1 unspecified atom stereocenters. The zero-order valence-electron chi connectivity index (χ0n) is 18.8. The van der Waals surface area contributed by atoms with Gasteiger partial charge in [0, 0.05) is 30.7 Å². The van der Waals surface area contributed by atoms with E-state index in [9.17, 15) is 14.7 Å². The molecular weight excluding hydrogens is 422 g/mol. The number of esters is 1. The van der Waals surface area contributed by atoms with Gasteiger partial charge < -0.3 is 24.2 Å². The molecule has 33 heavy (non-hydrogen) atoms. The molecular formula is C25H32N3O5+. The lowest BCUT2D eigenvalue weighted by Crippen LogP contribution is -2.66. The summed E-state index contributed by atoms with van der Waals surface area (Å²) in [6.45, 7) is 2.67. The Hall–Kier alpha value is -2.71. The van der Waals surface area contributed by atoms with Crippen molar-refractivity contribution in [2.45, 2.75) is 50.2 Å². The van der Waals surface area contributed by atoms with Crippen LogP contribution in [0.4, 0.5) is 5.82 Å². The van der Waals surface area contributed by atoms with Gasteiger partial charge in [0.25, 0.3) is 5.91 Å². The molecule has 8 heteroatoms. The van der Waals surface area contributed by atoms with E-state index in [2.05, 4.69) is 10.5 Å². The number of aromatic nitrogens is 1. The Morgan fingerprint density at radius 1 is 1.12 bits per heavy atom. The summed E-state index contributed by atoms with van der Waals surface area (Å²) in [6, 6.07) is 10.8. The number of ether oxygens (including phenoxy) is 1. The molecule has 176 valence electrons. The van der Waals surface area contributed by atoms with Crippen LogP contribution in [0.15, 0.2) is 47.2 Å². The molecule has 2 atom stereocenters. The van der Waals surface area contributed by atoms with E-state index in [1.807, 2.05) is 30.3 Å². The second-order valence-electron chi connectivity index (χ2n) is 9.96. The lowest BCUT2D eigenvalue weighted by atomic mass is 9.79. The highest BCUT2D eigenvalue weighted by Crippen LogP contribution is 2.43. The number of nitrogens with zero attached hydrogens (tertiary/aromatic N) is 2. The van der Waals surface area contributed by atoms with Crippen molar-refractivity contribution < 1.29 is 28.4 Å². The van der Waals surface area contributed by atoms with Gasteiger partial charge in [-0.05, 0) is 18.4 Å². The maximum absolute atomic E-state index is 13.6. The van der Waals surface area contributed by atoms with Crippen molar-refractivity contribution in [3.05, 3.63) is 48.2 Å². The summed E-state index contributed by atoms with van der Waals surface area (Å²) in [5.41, 5.74) is -1.02. The van der Waals surface area contributed by atoms with E-state index in [-0.39, 0.29) is 23.8 Å². The van der Waals surface area contributed by atoms with Gasteiger partial charge in [-0.1, -0.05) is 48.3 Å². The molecule has 1 aromatic carbocycles. The number of amides is 1. The number of carbonyl (C=O) groups excluding carboxylic acids is 2. The minimum atomic E-state index is -1.63. The Morgan fingerprint density at radius 3 is 2.52 bits per heavy atom. The molecule has 2 N–H and O–H groups in total. The number of anilines is 1. The average molecular weight is 455 g/mol. The summed E-state index contributed by atoms with van der Waals surface area (Å²) in [4.78, 5) is 26.2. The topological polar surface area (TPSA) is 102 Å². The summed E-state index contributed by atoms with van der Waals surface area (Å²) < 4.78 is 11.5. The van der Waals surface area contributed by atoms with Gasteiger partial charge in [-0.3, -0.25) is 4.79 Å². The first-order valence-corrected chi connectivity index (χ1v) is 12.0. The summed E-state index contributed by atoms with van der Waals surface area (Å²) in [6.07, 6.45) is 6.59. The van der Waals surface area contributed by atoms with E-state index >= 15 is 0 Å². The predicted molar refractivity (Wildman–Crippen MR) is 120 cm³/mol. The summed E-state index contributed by atoms with van der Waals surface area (Å²) in [5.74, 6) is -0.121. The fourth-order valence-electron chi connectivity index (χ4n) is 6.12. The number of nitrogens with one attached hydrogen (secondary N) is 1. The zero-order valence-corrected chi connectivity index (χ0v) is 18.8. The molecule has 1 aromatic heterocycles. The molecule has 6 rings (SSSR count). The molecule has 1 aliphatic carbocycles. The van der Waals surface area contributed by atoms with Gasteiger partial charge >= 0.3 is 5.97 Å². The first-order chi connectivity index (χ1) is 16.0. The van der Waals surface area contributed by atoms with Gasteiger partial charge in [-0.2, -0.15) is 0 Å². The predicted octanol–water partition coefficient (Wildman–Crippen LogP) is 2.84. The third-order valence-corrected chi connectivity index (χ3v) is 7.96. The van der Waals surface area contributed by atoms with Gasteiger partial charge in [-0.25, -0.2) is 4.79 Å². The van der Waals surface area contributed by atoms with Crippen LogP contribution in [-0.2, 0) is 19.9 Å². The number of aliphatic hydroxyl groups is 1. The third-order valence-electron chi connectivity index (χ3n) is 7.96. The minimum absolute atomic E-state index is 0.124. The van der Waals surface area contributed by atoms with Crippen molar-refractivity contribution in [1.29, 1.82) is 0 Å². The number of hydrogen-bond acceptors (Lipinski definition) is 6.